The second kappa shape index (κ2) is 9.59. The van der Waals surface area contributed by atoms with Gasteiger partial charge in [0.15, 0.2) is 11.5 Å². The first-order valence-corrected chi connectivity index (χ1v) is 9.91. The van der Waals surface area contributed by atoms with Crippen LogP contribution in [0.4, 0.5) is 20.6 Å². The van der Waals surface area contributed by atoms with E-state index in [1.807, 2.05) is 0 Å². The summed E-state index contributed by atoms with van der Waals surface area (Å²) in [5.74, 6) is 0.408. The van der Waals surface area contributed by atoms with Crippen molar-refractivity contribution in [1.82, 2.24) is 0 Å². The fraction of sp³-hybridized carbons (Fsp3) is 0.304. The minimum absolute atomic E-state index is 0.0882. The zero-order valence-electron chi connectivity index (χ0n) is 18.3. The molecule has 0 spiro atoms. The smallest absolute Gasteiger partial charge is 0.412 e. The number of anilines is 2. The maximum absolute atomic E-state index is 13.7. The van der Waals surface area contributed by atoms with E-state index in [4.69, 9.17) is 18.9 Å². The number of halogens is 1. The number of amides is 2. The van der Waals surface area contributed by atoms with Gasteiger partial charge in [-0.1, -0.05) is 0 Å². The van der Waals surface area contributed by atoms with E-state index in [0.717, 1.165) is 6.07 Å². The fourth-order valence-electron chi connectivity index (χ4n) is 2.88. The second-order valence-electron chi connectivity index (χ2n) is 7.89. The molecule has 0 saturated carbocycles. The second-order valence-corrected chi connectivity index (χ2v) is 7.89. The summed E-state index contributed by atoms with van der Waals surface area (Å²) in [5, 5.41) is 5.07. The van der Waals surface area contributed by atoms with Crippen LogP contribution in [-0.2, 0) is 9.53 Å². The molecule has 2 N–H and O–H groups in total. The van der Waals surface area contributed by atoms with Crippen LogP contribution in [0, 0.1) is 5.82 Å². The number of methoxy groups -OCH3 is 1. The van der Waals surface area contributed by atoms with Crippen LogP contribution >= 0.6 is 0 Å². The number of hydrogen-bond acceptors (Lipinski definition) is 6. The summed E-state index contributed by atoms with van der Waals surface area (Å²) in [6.07, 6.45) is 2.10. The van der Waals surface area contributed by atoms with Gasteiger partial charge in [0.2, 0.25) is 11.7 Å². The highest BCUT2D eigenvalue weighted by Crippen LogP contribution is 2.40. The van der Waals surface area contributed by atoms with Crippen molar-refractivity contribution in [2.75, 3.05) is 31.0 Å². The van der Waals surface area contributed by atoms with Gasteiger partial charge in [-0.25, -0.2) is 9.18 Å². The summed E-state index contributed by atoms with van der Waals surface area (Å²) in [7, 11) is 1.51. The summed E-state index contributed by atoms with van der Waals surface area (Å²) in [5.41, 5.74) is 0.224. The number of benzene rings is 2. The average molecular weight is 444 g/mol. The molecule has 0 atom stereocenters. The number of rotatable bonds is 5. The molecule has 0 unspecified atom stereocenters. The Morgan fingerprint density at radius 3 is 2.53 bits per heavy atom. The maximum Gasteiger partial charge on any atom is 0.412 e. The first-order chi connectivity index (χ1) is 15.1. The Morgan fingerprint density at radius 1 is 1.06 bits per heavy atom. The molecular weight excluding hydrogens is 419 g/mol. The summed E-state index contributed by atoms with van der Waals surface area (Å²) >= 11 is 0. The SMILES string of the molecule is COc1cc(/C=C/C(=O)Nc2cc(F)ccc2NC(=O)OC(C)(C)C)cc2c1OCCO2. The zero-order valence-corrected chi connectivity index (χ0v) is 18.3. The van der Waals surface area contributed by atoms with Crippen molar-refractivity contribution in [3.63, 3.8) is 0 Å². The van der Waals surface area contributed by atoms with Crippen LogP contribution in [-0.4, -0.2) is 37.9 Å². The Hall–Kier alpha value is -3.75. The molecule has 0 aromatic heterocycles. The Balaban J connectivity index is 1.74. The van der Waals surface area contributed by atoms with Crippen LogP contribution in [0.25, 0.3) is 6.08 Å². The van der Waals surface area contributed by atoms with E-state index < -0.39 is 23.4 Å². The van der Waals surface area contributed by atoms with Crippen LogP contribution in [0.5, 0.6) is 17.2 Å². The van der Waals surface area contributed by atoms with Crippen LogP contribution in [0.15, 0.2) is 36.4 Å². The normalized spacial score (nSPS) is 12.9. The van der Waals surface area contributed by atoms with Crippen molar-refractivity contribution >= 4 is 29.5 Å². The quantitative estimate of drug-likeness (QED) is 0.655. The maximum atomic E-state index is 13.7. The molecule has 2 aromatic rings. The fourth-order valence-corrected chi connectivity index (χ4v) is 2.88. The first kappa shape index (κ1) is 22.9. The highest BCUT2D eigenvalue weighted by Gasteiger charge is 2.19. The van der Waals surface area contributed by atoms with Gasteiger partial charge in [0.05, 0.1) is 18.5 Å². The summed E-state index contributed by atoms with van der Waals surface area (Å²) in [4.78, 5) is 24.5. The molecule has 9 heteroatoms. The van der Waals surface area contributed by atoms with Gasteiger partial charge in [-0.15, -0.1) is 0 Å². The van der Waals surface area contributed by atoms with Crippen LogP contribution in [0.2, 0.25) is 0 Å². The molecule has 2 aromatic carbocycles. The van der Waals surface area contributed by atoms with Crippen molar-refractivity contribution < 1.29 is 32.9 Å². The van der Waals surface area contributed by atoms with Crippen molar-refractivity contribution in [1.29, 1.82) is 0 Å². The molecular formula is C23H25FN2O6. The van der Waals surface area contributed by atoms with Gasteiger partial charge in [-0.05, 0) is 62.7 Å². The van der Waals surface area contributed by atoms with E-state index in [-0.39, 0.29) is 11.4 Å². The lowest BCUT2D eigenvalue weighted by molar-refractivity contribution is -0.111. The molecule has 0 bridgehead atoms. The largest absolute Gasteiger partial charge is 0.493 e. The van der Waals surface area contributed by atoms with Gasteiger partial charge in [0, 0.05) is 6.08 Å². The molecule has 0 fully saturated rings. The molecule has 32 heavy (non-hydrogen) atoms. The van der Waals surface area contributed by atoms with E-state index in [1.165, 1.54) is 25.3 Å². The third-order valence-electron chi connectivity index (χ3n) is 4.15. The number of carbonyl (C=O) groups is 2. The van der Waals surface area contributed by atoms with Crippen LogP contribution in [0.3, 0.4) is 0 Å². The summed E-state index contributed by atoms with van der Waals surface area (Å²) in [6, 6.07) is 7.03. The van der Waals surface area contributed by atoms with Gasteiger partial charge in [-0.3, -0.25) is 10.1 Å². The van der Waals surface area contributed by atoms with Crippen molar-refractivity contribution in [3.05, 3.63) is 47.8 Å². The van der Waals surface area contributed by atoms with E-state index >= 15 is 0 Å². The summed E-state index contributed by atoms with van der Waals surface area (Å²) in [6.45, 7) is 6.00. The zero-order chi connectivity index (χ0) is 23.3. The van der Waals surface area contributed by atoms with Gasteiger partial charge in [-0.2, -0.15) is 0 Å². The third kappa shape index (κ3) is 6.13. The molecule has 2 amide bonds. The lowest BCUT2D eigenvalue weighted by atomic mass is 10.1. The monoisotopic (exact) mass is 444 g/mol. The highest BCUT2D eigenvalue weighted by molar-refractivity contribution is 6.05. The lowest BCUT2D eigenvalue weighted by Crippen LogP contribution is -2.27. The molecule has 3 rings (SSSR count). The molecule has 1 aliphatic rings. The van der Waals surface area contributed by atoms with Gasteiger partial charge in [0.1, 0.15) is 24.6 Å². The Bertz CT molecular complexity index is 1030. The molecule has 8 nitrogen and oxygen atoms in total. The van der Waals surface area contributed by atoms with Crippen LogP contribution < -0.4 is 24.8 Å². The minimum Gasteiger partial charge on any atom is -0.493 e. The van der Waals surface area contributed by atoms with E-state index in [1.54, 1.807) is 39.0 Å². The molecule has 0 saturated heterocycles. The molecule has 1 heterocycles. The van der Waals surface area contributed by atoms with Crippen molar-refractivity contribution in [2.45, 2.75) is 26.4 Å². The Morgan fingerprint density at radius 2 is 1.81 bits per heavy atom. The van der Waals surface area contributed by atoms with E-state index in [9.17, 15) is 14.0 Å². The third-order valence-corrected chi connectivity index (χ3v) is 4.15. The number of nitrogens with one attached hydrogen (secondary N) is 2. The predicted octanol–water partition coefficient (Wildman–Crippen LogP) is 4.60. The molecule has 0 aliphatic carbocycles. The lowest BCUT2D eigenvalue weighted by Gasteiger charge is -2.21. The number of hydrogen-bond donors (Lipinski definition) is 2. The minimum atomic E-state index is -0.724. The van der Waals surface area contributed by atoms with Gasteiger partial charge < -0.3 is 24.3 Å². The van der Waals surface area contributed by atoms with Gasteiger partial charge >= 0.3 is 6.09 Å². The van der Waals surface area contributed by atoms with Gasteiger partial charge in [0.25, 0.3) is 0 Å². The van der Waals surface area contributed by atoms with E-state index in [2.05, 4.69) is 10.6 Å². The average Bonchev–Trinajstić information content (AvgIpc) is 2.72. The Kier molecular flexibility index (Phi) is 6.87. The molecule has 1 aliphatic heterocycles. The highest BCUT2D eigenvalue weighted by atomic mass is 19.1. The molecule has 170 valence electrons. The Labute approximate surface area is 185 Å². The number of ether oxygens (including phenoxy) is 4. The first-order valence-electron chi connectivity index (χ1n) is 9.91. The molecule has 0 radical (unpaired) electrons. The number of carbonyl (C=O) groups excluding carboxylic acids is 2. The van der Waals surface area contributed by atoms with Crippen molar-refractivity contribution in [3.8, 4) is 17.2 Å². The van der Waals surface area contributed by atoms with Crippen LogP contribution in [0.1, 0.15) is 26.3 Å². The van der Waals surface area contributed by atoms with E-state index in [0.29, 0.717) is 36.0 Å². The van der Waals surface area contributed by atoms with Crippen molar-refractivity contribution in [2.24, 2.45) is 0 Å². The predicted molar refractivity (Wildman–Crippen MR) is 118 cm³/mol. The summed E-state index contributed by atoms with van der Waals surface area (Å²) < 4.78 is 35.4. The number of fused-ring (bicyclic) bond motifs is 1. The topological polar surface area (TPSA) is 95.1 Å². The standard InChI is InChI=1S/C23H25FN2O6/c1-23(2,3)32-22(28)26-16-7-6-15(24)13-17(16)25-20(27)8-5-14-11-18(29-4)21-19(12-14)30-9-10-31-21/h5-8,11-13H,9-10H2,1-4H3,(H,25,27)(H,26,28)/b8-5+.